The first kappa shape index (κ1) is 53.0. The second kappa shape index (κ2) is 41.6. The van der Waals surface area contributed by atoms with Crippen molar-refractivity contribution in [3.63, 3.8) is 0 Å². The van der Waals surface area contributed by atoms with Gasteiger partial charge < -0.3 is 20.1 Å². The number of ether oxygens (including phenoxy) is 2. The van der Waals surface area contributed by atoms with E-state index in [0.717, 1.165) is 57.8 Å². The van der Waals surface area contributed by atoms with E-state index in [4.69, 9.17) is 24.3 Å². The lowest BCUT2D eigenvalue weighted by Crippen LogP contribution is -2.29. The van der Waals surface area contributed by atoms with E-state index < -0.39 is 32.5 Å². The summed E-state index contributed by atoms with van der Waals surface area (Å²) in [5.41, 5.74) is 5.35. The molecule has 2 unspecified atom stereocenters. The smallest absolute Gasteiger partial charge is 0.462 e. The molecule has 0 rings (SSSR count). The molecular formula is C45H82NO8P. The molecule has 3 N–H and O–H groups in total. The van der Waals surface area contributed by atoms with E-state index in [9.17, 15) is 19.0 Å². The zero-order valence-corrected chi connectivity index (χ0v) is 36.0. The van der Waals surface area contributed by atoms with Crippen LogP contribution in [0.4, 0.5) is 0 Å². The van der Waals surface area contributed by atoms with Gasteiger partial charge in [0.25, 0.3) is 0 Å². The van der Waals surface area contributed by atoms with E-state index in [-0.39, 0.29) is 32.6 Å². The Morgan fingerprint density at radius 1 is 0.564 bits per heavy atom. The van der Waals surface area contributed by atoms with E-state index in [2.05, 4.69) is 62.5 Å². The zero-order valence-electron chi connectivity index (χ0n) is 35.2. The molecule has 0 fully saturated rings. The van der Waals surface area contributed by atoms with Gasteiger partial charge >= 0.3 is 19.8 Å². The average Bonchev–Trinajstić information content (AvgIpc) is 3.17. The number of phosphoric ester groups is 1. The highest BCUT2D eigenvalue weighted by Crippen LogP contribution is 2.43. The Morgan fingerprint density at radius 3 is 1.49 bits per heavy atom. The number of hydrogen-bond acceptors (Lipinski definition) is 8. The summed E-state index contributed by atoms with van der Waals surface area (Å²) in [5, 5.41) is 0. The summed E-state index contributed by atoms with van der Waals surface area (Å²) < 4.78 is 32.7. The van der Waals surface area contributed by atoms with Gasteiger partial charge in [0.05, 0.1) is 13.2 Å². The molecule has 0 amide bonds. The first-order chi connectivity index (χ1) is 26.8. The highest BCUT2D eigenvalue weighted by atomic mass is 31.2. The van der Waals surface area contributed by atoms with Gasteiger partial charge in [0, 0.05) is 19.4 Å². The molecule has 0 saturated heterocycles. The van der Waals surface area contributed by atoms with Crippen molar-refractivity contribution in [1.29, 1.82) is 0 Å². The summed E-state index contributed by atoms with van der Waals surface area (Å²) in [7, 11) is -4.39. The lowest BCUT2D eigenvalue weighted by Gasteiger charge is -2.19. The predicted molar refractivity (Wildman–Crippen MR) is 229 cm³/mol. The molecule has 0 aromatic rings. The second-order valence-electron chi connectivity index (χ2n) is 14.5. The van der Waals surface area contributed by atoms with Crippen LogP contribution in [0, 0.1) is 0 Å². The number of hydrogen-bond donors (Lipinski definition) is 2. The number of carbonyl (C=O) groups is 2. The number of allylic oxidation sites excluding steroid dienone is 8. The SMILES string of the molecule is CCC=CCC=CCC=CCC=CCCCCC(=O)OCC(COP(=O)(O)OCCN)OC(=O)CCCCCCCCCCCCCCCCCCCCC. The van der Waals surface area contributed by atoms with Crippen molar-refractivity contribution >= 4 is 19.8 Å². The Bertz CT molecular complexity index is 1040. The lowest BCUT2D eigenvalue weighted by atomic mass is 10.0. The number of carbonyl (C=O) groups excluding carboxylic acids is 2. The van der Waals surface area contributed by atoms with Crippen LogP contribution in [0.1, 0.15) is 194 Å². The van der Waals surface area contributed by atoms with Crippen LogP contribution in [0.15, 0.2) is 48.6 Å². The average molecular weight is 796 g/mol. The normalized spacial score (nSPS) is 13.7. The third-order valence-electron chi connectivity index (χ3n) is 9.23. The third kappa shape index (κ3) is 41.4. The van der Waals surface area contributed by atoms with Gasteiger partial charge in [0.15, 0.2) is 6.10 Å². The van der Waals surface area contributed by atoms with Gasteiger partial charge in [-0.25, -0.2) is 4.57 Å². The summed E-state index contributed by atoms with van der Waals surface area (Å²) in [6, 6.07) is 0. The molecule has 0 aromatic carbocycles. The van der Waals surface area contributed by atoms with Crippen molar-refractivity contribution in [3.8, 4) is 0 Å². The van der Waals surface area contributed by atoms with Crippen LogP contribution in [0.3, 0.4) is 0 Å². The Labute approximate surface area is 336 Å². The van der Waals surface area contributed by atoms with Crippen molar-refractivity contribution in [1.82, 2.24) is 0 Å². The fraction of sp³-hybridized carbons (Fsp3) is 0.778. The van der Waals surface area contributed by atoms with Crippen LogP contribution in [-0.4, -0.2) is 49.3 Å². The number of esters is 2. The Hall–Kier alpha value is -2.03. The van der Waals surface area contributed by atoms with Gasteiger partial charge in [-0.1, -0.05) is 178 Å². The summed E-state index contributed by atoms with van der Waals surface area (Å²) in [4.78, 5) is 34.9. The summed E-state index contributed by atoms with van der Waals surface area (Å²) in [6.45, 7) is 3.58. The van der Waals surface area contributed by atoms with Crippen LogP contribution in [0.25, 0.3) is 0 Å². The van der Waals surface area contributed by atoms with Gasteiger partial charge in [-0.3, -0.25) is 18.6 Å². The molecule has 2 atom stereocenters. The van der Waals surface area contributed by atoms with E-state index in [1.54, 1.807) is 0 Å². The number of nitrogens with two attached hydrogens (primary N) is 1. The Morgan fingerprint density at radius 2 is 1.00 bits per heavy atom. The maximum absolute atomic E-state index is 12.6. The lowest BCUT2D eigenvalue weighted by molar-refractivity contribution is -0.161. The molecule has 0 radical (unpaired) electrons. The molecular weight excluding hydrogens is 713 g/mol. The molecule has 0 saturated carbocycles. The fourth-order valence-corrected chi connectivity index (χ4v) is 6.74. The minimum Gasteiger partial charge on any atom is -0.462 e. The van der Waals surface area contributed by atoms with E-state index >= 15 is 0 Å². The standard InChI is InChI=1S/C45H82NO8P/c1-3-5-7-9-11-13-15-17-19-20-21-22-24-26-28-30-32-34-36-38-45(48)54-43(42-53-55(49,50)52-40-39-46)41-51-44(47)37-35-33-31-29-27-25-23-18-16-14-12-10-8-6-4-2/h6,8,12,14,18,23,27,29,43H,3-5,7,9-11,13,15-17,19-22,24-26,28,30-42,46H2,1-2H3,(H,49,50). The third-order valence-corrected chi connectivity index (χ3v) is 10.2. The molecule has 0 aliphatic rings. The number of rotatable bonds is 41. The quantitative estimate of drug-likeness (QED) is 0.0268. The summed E-state index contributed by atoms with van der Waals surface area (Å²) in [6.07, 6.45) is 47.2. The van der Waals surface area contributed by atoms with Crippen LogP contribution < -0.4 is 5.73 Å². The van der Waals surface area contributed by atoms with Crippen LogP contribution in [0.5, 0.6) is 0 Å². The van der Waals surface area contributed by atoms with E-state index in [0.29, 0.717) is 12.8 Å². The molecule has 0 spiro atoms. The molecule has 9 nitrogen and oxygen atoms in total. The van der Waals surface area contributed by atoms with Crippen LogP contribution in [-0.2, 0) is 32.7 Å². The van der Waals surface area contributed by atoms with Crippen molar-refractivity contribution in [2.75, 3.05) is 26.4 Å². The summed E-state index contributed by atoms with van der Waals surface area (Å²) >= 11 is 0. The highest BCUT2D eigenvalue weighted by molar-refractivity contribution is 7.47. The van der Waals surface area contributed by atoms with Gasteiger partial charge in [-0.15, -0.1) is 0 Å². The minimum absolute atomic E-state index is 0.0473. The molecule has 320 valence electrons. The number of phosphoric acid groups is 1. The minimum atomic E-state index is -4.39. The zero-order chi connectivity index (χ0) is 40.3. The molecule has 55 heavy (non-hydrogen) atoms. The maximum atomic E-state index is 12.6. The summed E-state index contributed by atoms with van der Waals surface area (Å²) in [5.74, 6) is -0.873. The van der Waals surface area contributed by atoms with Crippen LogP contribution in [0.2, 0.25) is 0 Å². The second-order valence-corrected chi connectivity index (χ2v) is 16.0. The topological polar surface area (TPSA) is 134 Å². The van der Waals surface area contributed by atoms with Crippen LogP contribution >= 0.6 is 7.82 Å². The van der Waals surface area contributed by atoms with Gasteiger partial charge in [-0.05, 0) is 51.4 Å². The Balaban J connectivity index is 4.16. The fourth-order valence-electron chi connectivity index (χ4n) is 5.98. The van der Waals surface area contributed by atoms with Gasteiger partial charge in [0.2, 0.25) is 0 Å². The maximum Gasteiger partial charge on any atom is 0.472 e. The first-order valence-corrected chi connectivity index (χ1v) is 23.6. The van der Waals surface area contributed by atoms with Crippen molar-refractivity contribution in [2.45, 2.75) is 200 Å². The predicted octanol–water partition coefficient (Wildman–Crippen LogP) is 12.7. The molecule has 0 aromatic heterocycles. The molecule has 0 aliphatic carbocycles. The monoisotopic (exact) mass is 796 g/mol. The van der Waals surface area contributed by atoms with E-state index in [1.807, 2.05) is 0 Å². The van der Waals surface area contributed by atoms with E-state index in [1.165, 1.54) is 96.3 Å². The largest absolute Gasteiger partial charge is 0.472 e. The van der Waals surface area contributed by atoms with Gasteiger partial charge in [0.1, 0.15) is 6.61 Å². The Kier molecular flexibility index (Phi) is 40.1. The molecule has 0 aliphatic heterocycles. The first-order valence-electron chi connectivity index (χ1n) is 22.1. The molecule has 0 heterocycles. The molecule has 10 heteroatoms. The van der Waals surface area contributed by atoms with Crippen molar-refractivity contribution < 1.29 is 37.6 Å². The van der Waals surface area contributed by atoms with Crippen molar-refractivity contribution in [2.24, 2.45) is 5.73 Å². The van der Waals surface area contributed by atoms with Gasteiger partial charge in [-0.2, -0.15) is 0 Å². The number of unbranched alkanes of at least 4 members (excludes halogenated alkanes) is 20. The highest BCUT2D eigenvalue weighted by Gasteiger charge is 2.26. The molecule has 0 bridgehead atoms. The van der Waals surface area contributed by atoms with Crippen molar-refractivity contribution in [3.05, 3.63) is 48.6 Å².